The van der Waals surface area contributed by atoms with Gasteiger partial charge in [-0.2, -0.15) is 0 Å². The van der Waals surface area contributed by atoms with E-state index in [-0.39, 0.29) is 18.5 Å². The highest BCUT2D eigenvalue weighted by Gasteiger charge is 2.17. The van der Waals surface area contributed by atoms with Gasteiger partial charge in [0.15, 0.2) is 11.6 Å². The molecule has 0 aromatic heterocycles. The summed E-state index contributed by atoms with van der Waals surface area (Å²) in [5.41, 5.74) is 0.00550. The molecule has 5 nitrogen and oxygen atoms in total. The summed E-state index contributed by atoms with van der Waals surface area (Å²) in [6, 6.07) is 2.83. The molecule has 2 N–H and O–H groups in total. The van der Waals surface area contributed by atoms with Crippen molar-refractivity contribution in [2.45, 2.75) is 32.8 Å². The van der Waals surface area contributed by atoms with Crippen molar-refractivity contribution in [3.05, 3.63) is 29.8 Å². The van der Waals surface area contributed by atoms with Crippen LogP contribution in [-0.4, -0.2) is 47.4 Å². The molecule has 0 heterocycles. The molecule has 0 saturated carbocycles. The van der Waals surface area contributed by atoms with Crippen molar-refractivity contribution in [2.24, 2.45) is 0 Å². The van der Waals surface area contributed by atoms with Crippen LogP contribution >= 0.6 is 0 Å². The van der Waals surface area contributed by atoms with E-state index in [0.717, 1.165) is 25.2 Å². The third-order valence-corrected chi connectivity index (χ3v) is 3.50. The Morgan fingerprint density at radius 1 is 1.22 bits per heavy atom. The van der Waals surface area contributed by atoms with Crippen LogP contribution in [0.15, 0.2) is 18.2 Å². The predicted octanol–water partition coefficient (Wildman–Crippen LogP) is 1.96. The molecule has 0 bridgehead atoms. The number of amides is 1. The van der Waals surface area contributed by atoms with Crippen LogP contribution < -0.4 is 5.32 Å². The summed E-state index contributed by atoms with van der Waals surface area (Å²) in [4.78, 5) is 25.4. The lowest BCUT2D eigenvalue weighted by atomic mass is 10.1. The average molecular weight is 328 g/mol. The van der Waals surface area contributed by atoms with Crippen LogP contribution in [0, 0.1) is 11.6 Å². The molecule has 1 unspecified atom stereocenters. The smallest absolute Gasteiger partial charge is 0.291 e. The monoisotopic (exact) mass is 328 g/mol. The number of aliphatic hydroxyl groups excluding tert-OH is 1. The molecular weight excluding hydrogens is 306 g/mol. The van der Waals surface area contributed by atoms with Crippen molar-refractivity contribution in [1.29, 1.82) is 0 Å². The Balaban J connectivity index is 2.44. The van der Waals surface area contributed by atoms with E-state index in [0.29, 0.717) is 6.54 Å². The Labute approximate surface area is 134 Å². The number of rotatable bonds is 9. The maximum atomic E-state index is 13.0. The van der Waals surface area contributed by atoms with E-state index in [1.54, 1.807) is 0 Å². The number of benzene rings is 1. The first kappa shape index (κ1) is 19.2. The maximum Gasteiger partial charge on any atom is 0.291 e. The highest BCUT2D eigenvalue weighted by molar-refractivity contribution is 6.40. The number of hydrogen-bond donors (Lipinski definition) is 2. The molecule has 0 fully saturated rings. The first-order valence-corrected chi connectivity index (χ1v) is 7.57. The van der Waals surface area contributed by atoms with Gasteiger partial charge in [0, 0.05) is 24.7 Å². The normalized spacial score (nSPS) is 12.3. The summed E-state index contributed by atoms with van der Waals surface area (Å²) in [5.74, 6) is -3.77. The molecule has 0 saturated heterocycles. The van der Waals surface area contributed by atoms with Gasteiger partial charge < -0.3 is 15.3 Å². The van der Waals surface area contributed by atoms with Gasteiger partial charge in [0.1, 0.15) is 0 Å². The maximum absolute atomic E-state index is 13.0. The van der Waals surface area contributed by atoms with Gasteiger partial charge in [0.25, 0.3) is 5.91 Å². The molecule has 0 radical (unpaired) electrons. The lowest BCUT2D eigenvalue weighted by molar-refractivity contribution is -0.135. The predicted molar refractivity (Wildman–Crippen MR) is 83.0 cm³/mol. The zero-order valence-electron chi connectivity index (χ0n) is 13.3. The Kier molecular flexibility index (Phi) is 7.77. The fourth-order valence-electron chi connectivity index (χ4n) is 2.06. The lowest BCUT2D eigenvalue weighted by Crippen LogP contribution is -2.33. The molecule has 0 spiro atoms. The summed E-state index contributed by atoms with van der Waals surface area (Å²) in [5, 5.41) is 12.1. The summed E-state index contributed by atoms with van der Waals surface area (Å²) in [7, 11) is 0. The Bertz CT molecular complexity index is 548. The van der Waals surface area contributed by atoms with Gasteiger partial charge in [-0.1, -0.05) is 13.8 Å². The van der Waals surface area contributed by atoms with E-state index in [1.807, 2.05) is 18.7 Å². The fourth-order valence-corrected chi connectivity index (χ4v) is 2.06. The topological polar surface area (TPSA) is 69.6 Å². The number of Topliss-reactive ketones (excluding diaryl/α,β-unsaturated/α-hetero) is 1. The molecule has 0 aliphatic rings. The molecule has 1 aromatic carbocycles. The van der Waals surface area contributed by atoms with Gasteiger partial charge in [-0.25, -0.2) is 8.78 Å². The van der Waals surface area contributed by atoms with Crippen molar-refractivity contribution in [1.82, 2.24) is 4.90 Å². The second kappa shape index (κ2) is 9.32. The molecule has 0 aliphatic carbocycles. The number of carbonyl (C=O) groups is 2. The van der Waals surface area contributed by atoms with E-state index >= 15 is 0 Å². The number of likely N-dealkylation sites (N-methyl/N-ethyl adjacent to an activating group) is 1. The Morgan fingerprint density at radius 2 is 1.87 bits per heavy atom. The highest BCUT2D eigenvalue weighted by Crippen LogP contribution is 2.13. The van der Waals surface area contributed by atoms with E-state index in [9.17, 15) is 23.5 Å². The second-order valence-corrected chi connectivity index (χ2v) is 5.18. The molecule has 0 aliphatic heterocycles. The van der Waals surface area contributed by atoms with Gasteiger partial charge >= 0.3 is 0 Å². The summed E-state index contributed by atoms with van der Waals surface area (Å²) in [6.07, 6.45) is -0.645. The molecule has 1 amide bonds. The Hall–Kier alpha value is -1.86. The molecule has 7 heteroatoms. The van der Waals surface area contributed by atoms with Crippen LogP contribution in [-0.2, 0) is 9.59 Å². The van der Waals surface area contributed by atoms with Crippen LogP contribution in [0.25, 0.3) is 0 Å². The van der Waals surface area contributed by atoms with Crippen molar-refractivity contribution in [3.8, 4) is 0 Å². The largest absolute Gasteiger partial charge is 0.392 e. The molecular formula is C16H22F2N2O3. The lowest BCUT2D eigenvalue weighted by Gasteiger charge is -2.21. The number of halogens is 2. The van der Waals surface area contributed by atoms with Crippen LogP contribution in [0.5, 0.6) is 0 Å². The van der Waals surface area contributed by atoms with Crippen molar-refractivity contribution < 1.29 is 23.5 Å². The number of carbonyl (C=O) groups excluding carboxylic acids is 2. The number of anilines is 1. The average Bonchev–Trinajstić information content (AvgIpc) is 2.53. The Morgan fingerprint density at radius 3 is 2.43 bits per heavy atom. The SMILES string of the molecule is CCN(CC)CC(O)CCC(=O)C(=O)Nc1ccc(F)c(F)c1. The molecule has 1 atom stereocenters. The van der Waals surface area contributed by atoms with Crippen LogP contribution in [0.1, 0.15) is 26.7 Å². The van der Waals surface area contributed by atoms with Crippen LogP contribution in [0.3, 0.4) is 0 Å². The molecule has 23 heavy (non-hydrogen) atoms. The standard InChI is InChI=1S/C16H22F2N2O3/c1-3-20(4-2)10-12(21)6-8-15(22)16(23)19-11-5-7-13(17)14(18)9-11/h5,7,9,12,21H,3-4,6,8,10H2,1-2H3,(H,19,23). The van der Waals surface area contributed by atoms with Gasteiger partial charge in [0.2, 0.25) is 5.78 Å². The summed E-state index contributed by atoms with van der Waals surface area (Å²) in [6.45, 7) is 5.95. The van der Waals surface area contributed by atoms with Gasteiger partial charge in [-0.3, -0.25) is 9.59 Å². The molecule has 1 rings (SSSR count). The minimum absolute atomic E-state index is 0.00550. The fraction of sp³-hybridized carbons (Fsp3) is 0.500. The number of hydrogen-bond acceptors (Lipinski definition) is 4. The third-order valence-electron chi connectivity index (χ3n) is 3.50. The van der Waals surface area contributed by atoms with Crippen LogP contribution in [0.4, 0.5) is 14.5 Å². The van der Waals surface area contributed by atoms with Gasteiger partial charge in [0.05, 0.1) is 6.10 Å². The van der Waals surface area contributed by atoms with E-state index in [2.05, 4.69) is 5.32 Å². The van der Waals surface area contributed by atoms with Crippen molar-refractivity contribution in [3.63, 3.8) is 0 Å². The van der Waals surface area contributed by atoms with E-state index in [1.165, 1.54) is 6.07 Å². The minimum atomic E-state index is -1.11. The number of nitrogens with one attached hydrogen (secondary N) is 1. The van der Waals surface area contributed by atoms with Crippen molar-refractivity contribution >= 4 is 17.4 Å². The van der Waals surface area contributed by atoms with E-state index in [4.69, 9.17) is 0 Å². The van der Waals surface area contributed by atoms with Gasteiger partial charge in [-0.05, 0) is 31.6 Å². The van der Waals surface area contributed by atoms with Crippen molar-refractivity contribution in [2.75, 3.05) is 25.0 Å². The summed E-state index contributed by atoms with van der Waals surface area (Å²) < 4.78 is 25.8. The number of nitrogens with zero attached hydrogens (tertiary/aromatic N) is 1. The number of aliphatic hydroxyl groups is 1. The summed E-state index contributed by atoms with van der Waals surface area (Å²) >= 11 is 0. The van der Waals surface area contributed by atoms with Gasteiger partial charge in [-0.15, -0.1) is 0 Å². The third kappa shape index (κ3) is 6.42. The zero-order chi connectivity index (χ0) is 17.4. The minimum Gasteiger partial charge on any atom is -0.392 e. The zero-order valence-corrected chi connectivity index (χ0v) is 13.3. The number of ketones is 1. The quantitative estimate of drug-likeness (QED) is 0.680. The first-order valence-electron chi connectivity index (χ1n) is 7.57. The molecule has 1 aromatic rings. The molecule has 128 valence electrons. The van der Waals surface area contributed by atoms with E-state index < -0.39 is 29.4 Å². The first-order chi connectivity index (χ1) is 10.9. The second-order valence-electron chi connectivity index (χ2n) is 5.18. The van der Waals surface area contributed by atoms with Crippen LogP contribution in [0.2, 0.25) is 0 Å². The highest BCUT2D eigenvalue weighted by atomic mass is 19.2.